The number of ether oxygens (including phenoxy) is 1. The van der Waals surface area contributed by atoms with E-state index >= 15 is 0 Å². The van der Waals surface area contributed by atoms with E-state index in [1.807, 2.05) is 0 Å². The van der Waals surface area contributed by atoms with Gasteiger partial charge in [0.2, 0.25) is 0 Å². The number of carbonyl (C=O) groups is 2. The minimum atomic E-state index is -0.888. The van der Waals surface area contributed by atoms with E-state index in [9.17, 15) is 14.7 Å². The largest absolute Gasteiger partial charge is 0.481 e. The molecule has 0 fully saturated rings. The molecule has 18 heavy (non-hydrogen) atoms. The zero-order valence-electron chi connectivity index (χ0n) is 11.0. The lowest BCUT2D eigenvalue weighted by Gasteiger charge is -2.21. The molecule has 3 N–H and O–H groups in total. The predicted octanol–water partition coefficient (Wildman–Crippen LogP) is -0.254. The number of carbonyl (C=O) groups excluding carboxylic acids is 1. The Labute approximate surface area is 107 Å². The van der Waals surface area contributed by atoms with Crippen molar-refractivity contribution in [2.45, 2.75) is 19.4 Å². The molecule has 0 aromatic rings. The van der Waals surface area contributed by atoms with Crippen LogP contribution in [0.2, 0.25) is 0 Å². The summed E-state index contributed by atoms with van der Waals surface area (Å²) in [6.45, 7) is 2.35. The molecule has 7 nitrogen and oxygen atoms in total. The maximum atomic E-state index is 11.6. The molecule has 0 saturated heterocycles. The highest BCUT2D eigenvalue weighted by atomic mass is 16.5. The summed E-state index contributed by atoms with van der Waals surface area (Å²) < 4.78 is 4.75. The van der Waals surface area contributed by atoms with E-state index in [2.05, 4.69) is 5.32 Å². The number of amides is 2. The number of likely N-dealkylation sites (N-methyl/N-ethyl adjacent to an activating group) is 1. The topological polar surface area (TPSA) is 99.1 Å². The number of hydrogen-bond donors (Lipinski definition) is 3. The normalized spacial score (nSPS) is 13.8. The third-order valence-electron chi connectivity index (χ3n) is 2.32. The molecule has 2 unspecified atom stereocenters. The highest BCUT2D eigenvalue weighted by molar-refractivity contribution is 5.74. The third-order valence-corrected chi connectivity index (χ3v) is 2.32. The van der Waals surface area contributed by atoms with Gasteiger partial charge in [-0.05, 0) is 5.92 Å². The third kappa shape index (κ3) is 7.86. The van der Waals surface area contributed by atoms with Crippen LogP contribution in [0.25, 0.3) is 0 Å². The number of carboxylic acids is 1. The lowest BCUT2D eigenvalue weighted by molar-refractivity contribution is -0.137. The summed E-state index contributed by atoms with van der Waals surface area (Å²) in [5.41, 5.74) is 0. The first-order valence-corrected chi connectivity index (χ1v) is 5.74. The fraction of sp³-hybridized carbons (Fsp3) is 0.818. The molecule has 0 aromatic heterocycles. The van der Waals surface area contributed by atoms with E-state index in [1.54, 1.807) is 14.0 Å². The van der Waals surface area contributed by atoms with Crippen molar-refractivity contribution in [1.29, 1.82) is 0 Å². The van der Waals surface area contributed by atoms with Crippen LogP contribution < -0.4 is 5.32 Å². The molecule has 7 heteroatoms. The van der Waals surface area contributed by atoms with Crippen LogP contribution in [0.3, 0.4) is 0 Å². The number of carboxylic acid groups (broad SMARTS) is 1. The van der Waals surface area contributed by atoms with Crippen LogP contribution >= 0.6 is 0 Å². The Bertz CT molecular complexity index is 272. The number of aliphatic carboxylic acids is 1. The summed E-state index contributed by atoms with van der Waals surface area (Å²) in [5.74, 6) is -1.02. The van der Waals surface area contributed by atoms with Gasteiger partial charge in [-0.1, -0.05) is 6.92 Å². The Morgan fingerprint density at radius 2 is 2.06 bits per heavy atom. The monoisotopic (exact) mass is 262 g/mol. The smallest absolute Gasteiger partial charge is 0.317 e. The number of hydrogen-bond acceptors (Lipinski definition) is 4. The fourth-order valence-corrected chi connectivity index (χ4v) is 1.41. The average Bonchev–Trinajstić information content (AvgIpc) is 2.25. The van der Waals surface area contributed by atoms with Crippen molar-refractivity contribution in [3.8, 4) is 0 Å². The summed E-state index contributed by atoms with van der Waals surface area (Å²) in [5, 5.41) is 20.6. The maximum absolute atomic E-state index is 11.6. The van der Waals surface area contributed by atoms with E-state index in [1.165, 1.54) is 12.0 Å². The molecule has 0 saturated carbocycles. The van der Waals surface area contributed by atoms with E-state index in [0.717, 1.165) is 0 Å². The van der Waals surface area contributed by atoms with Crippen LogP contribution in [-0.4, -0.2) is 67.1 Å². The molecule has 0 heterocycles. The van der Waals surface area contributed by atoms with Crippen LogP contribution in [0.15, 0.2) is 0 Å². The standard InChI is InChI=1S/C11H22N2O5/c1-8(4-10(15)16)5-12-11(17)13(2)6-9(14)7-18-3/h8-9,14H,4-7H2,1-3H3,(H,12,17)(H,15,16). The van der Waals surface area contributed by atoms with Crippen LogP contribution in [0.1, 0.15) is 13.3 Å². The zero-order valence-corrected chi connectivity index (χ0v) is 11.0. The van der Waals surface area contributed by atoms with Gasteiger partial charge in [-0.2, -0.15) is 0 Å². The first kappa shape index (κ1) is 16.7. The second-order valence-electron chi connectivity index (χ2n) is 4.38. The molecule has 106 valence electrons. The summed E-state index contributed by atoms with van der Waals surface area (Å²) in [4.78, 5) is 23.4. The lowest BCUT2D eigenvalue weighted by Crippen LogP contribution is -2.43. The second kappa shape index (κ2) is 8.71. The van der Waals surface area contributed by atoms with E-state index in [-0.39, 0.29) is 38.1 Å². The molecule has 0 aliphatic rings. The van der Waals surface area contributed by atoms with Gasteiger partial charge >= 0.3 is 12.0 Å². The Hall–Kier alpha value is -1.34. The predicted molar refractivity (Wildman–Crippen MR) is 65.3 cm³/mol. The molecule has 0 bridgehead atoms. The van der Waals surface area contributed by atoms with Gasteiger partial charge in [0.05, 0.1) is 19.3 Å². The van der Waals surface area contributed by atoms with Gasteiger partial charge in [-0.25, -0.2) is 4.79 Å². The molecule has 0 aliphatic carbocycles. The highest BCUT2D eigenvalue weighted by Crippen LogP contribution is 2.00. The Balaban J connectivity index is 3.90. The van der Waals surface area contributed by atoms with Gasteiger partial charge in [0, 0.05) is 27.1 Å². The van der Waals surface area contributed by atoms with Crippen molar-refractivity contribution in [2.75, 3.05) is 33.9 Å². The molecule has 0 aliphatic heterocycles. The van der Waals surface area contributed by atoms with Gasteiger partial charge in [0.1, 0.15) is 0 Å². The number of nitrogens with one attached hydrogen (secondary N) is 1. The number of urea groups is 1. The molecule has 0 aromatic carbocycles. The highest BCUT2D eigenvalue weighted by Gasteiger charge is 2.15. The SMILES string of the molecule is COCC(O)CN(C)C(=O)NCC(C)CC(=O)O. The summed E-state index contributed by atoms with van der Waals surface area (Å²) in [6, 6.07) is -0.345. The maximum Gasteiger partial charge on any atom is 0.317 e. The van der Waals surface area contributed by atoms with Gasteiger partial charge in [0.15, 0.2) is 0 Å². The van der Waals surface area contributed by atoms with E-state index < -0.39 is 12.1 Å². The van der Waals surface area contributed by atoms with Gasteiger partial charge in [0.25, 0.3) is 0 Å². The minimum Gasteiger partial charge on any atom is -0.481 e. The van der Waals surface area contributed by atoms with Crippen LogP contribution in [0, 0.1) is 5.92 Å². The first-order valence-electron chi connectivity index (χ1n) is 5.74. The van der Waals surface area contributed by atoms with Gasteiger partial charge in [-0.15, -0.1) is 0 Å². The summed E-state index contributed by atoms with van der Waals surface area (Å²) >= 11 is 0. The molecule has 0 radical (unpaired) electrons. The second-order valence-corrected chi connectivity index (χ2v) is 4.38. The van der Waals surface area contributed by atoms with Crippen LogP contribution in [-0.2, 0) is 9.53 Å². The number of methoxy groups -OCH3 is 1. The molecular formula is C11H22N2O5. The number of nitrogens with zero attached hydrogens (tertiary/aromatic N) is 1. The van der Waals surface area contributed by atoms with Crippen molar-refractivity contribution in [3.05, 3.63) is 0 Å². The van der Waals surface area contributed by atoms with E-state index in [0.29, 0.717) is 0 Å². The summed E-state index contributed by atoms with van der Waals surface area (Å²) in [7, 11) is 3.02. The number of rotatable bonds is 8. The Kier molecular flexibility index (Phi) is 8.06. The van der Waals surface area contributed by atoms with Crippen molar-refractivity contribution in [3.63, 3.8) is 0 Å². The minimum absolute atomic E-state index is 0.0102. The van der Waals surface area contributed by atoms with Crippen molar-refractivity contribution in [1.82, 2.24) is 10.2 Å². The molecule has 0 rings (SSSR count). The van der Waals surface area contributed by atoms with E-state index in [4.69, 9.17) is 9.84 Å². The lowest BCUT2D eigenvalue weighted by atomic mass is 10.1. The van der Waals surface area contributed by atoms with Crippen molar-refractivity contribution in [2.24, 2.45) is 5.92 Å². The zero-order chi connectivity index (χ0) is 14.1. The van der Waals surface area contributed by atoms with Gasteiger partial charge in [-0.3, -0.25) is 4.79 Å². The first-order chi connectivity index (χ1) is 8.36. The molecule has 2 atom stereocenters. The van der Waals surface area contributed by atoms with Crippen molar-refractivity contribution >= 4 is 12.0 Å². The van der Waals surface area contributed by atoms with Gasteiger partial charge < -0.3 is 25.2 Å². The van der Waals surface area contributed by atoms with Crippen LogP contribution in [0.4, 0.5) is 4.79 Å². The Morgan fingerprint density at radius 3 is 2.56 bits per heavy atom. The molecular weight excluding hydrogens is 240 g/mol. The average molecular weight is 262 g/mol. The molecule has 0 spiro atoms. The fourth-order valence-electron chi connectivity index (χ4n) is 1.41. The van der Waals surface area contributed by atoms with Crippen LogP contribution in [0.5, 0.6) is 0 Å². The molecule has 2 amide bonds. The number of aliphatic hydroxyl groups excluding tert-OH is 1. The van der Waals surface area contributed by atoms with Crippen molar-refractivity contribution < 1.29 is 24.5 Å². The summed E-state index contributed by atoms with van der Waals surface area (Å²) in [6.07, 6.45) is -0.724. The Morgan fingerprint density at radius 1 is 1.44 bits per heavy atom. The number of aliphatic hydroxyl groups is 1. The quantitative estimate of drug-likeness (QED) is 0.560.